The number of hydrogen-bond donors (Lipinski definition) is 0. The van der Waals surface area contributed by atoms with Crippen molar-refractivity contribution in [2.45, 2.75) is 0 Å². The highest BCUT2D eigenvalue weighted by Gasteiger charge is 2.08. The van der Waals surface area contributed by atoms with Gasteiger partial charge in [0.05, 0.1) is 4.92 Å². The molecule has 0 bridgehead atoms. The van der Waals surface area contributed by atoms with E-state index in [0.717, 1.165) is 10.0 Å². The topological polar surface area (TPSA) is 73.3 Å². The molecule has 0 saturated heterocycles. The zero-order valence-electron chi connectivity index (χ0n) is 12.9. The maximum Gasteiger partial charge on any atom is 0.269 e. The lowest BCUT2D eigenvalue weighted by Gasteiger charge is -1.97. The molecule has 0 aliphatic heterocycles. The average molecular weight is 398 g/mol. The van der Waals surface area contributed by atoms with E-state index in [-0.39, 0.29) is 11.5 Å². The molecule has 0 amide bonds. The third kappa shape index (κ3) is 4.10. The predicted octanol–water partition coefficient (Wildman–Crippen LogP) is 5.51. The van der Waals surface area contributed by atoms with Crippen molar-refractivity contribution in [3.8, 4) is 11.3 Å². The molecular weight excluding hydrogens is 386 g/mol. The Bertz CT molecular complexity index is 940. The van der Waals surface area contributed by atoms with Crippen molar-refractivity contribution in [2.75, 3.05) is 0 Å². The Morgan fingerprint density at radius 3 is 2.32 bits per heavy atom. The summed E-state index contributed by atoms with van der Waals surface area (Å²) in [7, 11) is 0. The first kappa shape index (κ1) is 16.9. The van der Waals surface area contributed by atoms with Crippen LogP contribution in [-0.2, 0) is 0 Å². The molecule has 124 valence electrons. The Labute approximate surface area is 151 Å². The lowest BCUT2D eigenvalue weighted by Crippen LogP contribution is -1.92. The van der Waals surface area contributed by atoms with E-state index in [1.54, 1.807) is 54.6 Å². The smallest absolute Gasteiger partial charge is 0.269 e. The number of carbonyl (C=O) groups excluding carboxylic acids is 1. The molecule has 5 nitrogen and oxygen atoms in total. The second-order valence-corrected chi connectivity index (χ2v) is 6.13. The van der Waals surface area contributed by atoms with Crippen LogP contribution in [-0.4, -0.2) is 10.7 Å². The number of furan rings is 1. The van der Waals surface area contributed by atoms with Crippen molar-refractivity contribution in [3.05, 3.63) is 92.7 Å². The number of benzene rings is 2. The Morgan fingerprint density at radius 1 is 1.00 bits per heavy atom. The molecule has 6 heteroatoms. The standard InChI is InChI=1S/C19H12BrNO4/c20-15-5-1-13(2-6-15)18(22)11-9-17-10-12-19(25-17)14-3-7-16(8-4-14)21(23)24/h1-12H/b11-9+. The van der Waals surface area contributed by atoms with Crippen LogP contribution in [0.25, 0.3) is 17.4 Å². The quantitative estimate of drug-likeness (QED) is 0.246. The van der Waals surface area contributed by atoms with Gasteiger partial charge in [0.25, 0.3) is 5.69 Å². The van der Waals surface area contributed by atoms with Gasteiger partial charge in [0, 0.05) is 27.7 Å². The van der Waals surface area contributed by atoms with Crippen LogP contribution in [0.2, 0.25) is 0 Å². The number of non-ortho nitro benzene ring substituents is 1. The van der Waals surface area contributed by atoms with Crippen molar-refractivity contribution >= 4 is 33.5 Å². The molecule has 0 aliphatic rings. The summed E-state index contributed by atoms with van der Waals surface area (Å²) in [6, 6.07) is 16.7. The Morgan fingerprint density at radius 2 is 1.68 bits per heavy atom. The molecule has 0 N–H and O–H groups in total. The zero-order chi connectivity index (χ0) is 17.8. The molecule has 3 aromatic rings. The maximum atomic E-state index is 12.1. The average Bonchev–Trinajstić information content (AvgIpc) is 3.09. The van der Waals surface area contributed by atoms with Gasteiger partial charge in [-0.1, -0.05) is 15.9 Å². The summed E-state index contributed by atoms with van der Waals surface area (Å²) in [5, 5.41) is 10.7. The first-order chi connectivity index (χ1) is 12.0. The molecule has 1 aromatic heterocycles. The van der Waals surface area contributed by atoms with E-state index in [0.29, 0.717) is 17.1 Å². The van der Waals surface area contributed by atoms with Crippen molar-refractivity contribution in [1.82, 2.24) is 0 Å². The van der Waals surface area contributed by atoms with Crippen molar-refractivity contribution in [2.24, 2.45) is 0 Å². The van der Waals surface area contributed by atoms with Gasteiger partial charge in [0.2, 0.25) is 0 Å². The van der Waals surface area contributed by atoms with Gasteiger partial charge >= 0.3 is 0 Å². The van der Waals surface area contributed by atoms with Crippen molar-refractivity contribution < 1.29 is 14.1 Å². The van der Waals surface area contributed by atoms with Crippen LogP contribution < -0.4 is 0 Å². The number of nitro groups is 1. The Hall–Kier alpha value is -2.99. The summed E-state index contributed by atoms with van der Waals surface area (Å²) >= 11 is 3.33. The van der Waals surface area contributed by atoms with E-state index in [1.807, 2.05) is 0 Å². The summed E-state index contributed by atoms with van der Waals surface area (Å²) in [5.41, 5.74) is 1.33. The monoisotopic (exact) mass is 397 g/mol. The van der Waals surface area contributed by atoms with Crippen LogP contribution in [0, 0.1) is 10.1 Å². The van der Waals surface area contributed by atoms with Gasteiger partial charge in [-0.25, -0.2) is 0 Å². The highest BCUT2D eigenvalue weighted by atomic mass is 79.9. The lowest BCUT2D eigenvalue weighted by atomic mass is 10.1. The fraction of sp³-hybridized carbons (Fsp3) is 0. The normalized spacial score (nSPS) is 10.9. The number of rotatable bonds is 5. The molecule has 2 aromatic carbocycles. The van der Waals surface area contributed by atoms with Crippen LogP contribution in [0.15, 0.2) is 75.6 Å². The number of halogens is 1. The second-order valence-electron chi connectivity index (χ2n) is 5.21. The molecule has 25 heavy (non-hydrogen) atoms. The molecule has 0 spiro atoms. The number of nitrogens with zero attached hydrogens (tertiary/aromatic N) is 1. The maximum absolute atomic E-state index is 12.1. The minimum Gasteiger partial charge on any atom is -0.457 e. The number of allylic oxidation sites excluding steroid dienone is 1. The second kappa shape index (κ2) is 7.27. The fourth-order valence-electron chi connectivity index (χ4n) is 2.21. The molecule has 0 saturated carbocycles. The number of hydrogen-bond acceptors (Lipinski definition) is 4. The number of carbonyl (C=O) groups is 1. The van der Waals surface area contributed by atoms with E-state index in [9.17, 15) is 14.9 Å². The van der Waals surface area contributed by atoms with Gasteiger partial charge in [-0.15, -0.1) is 0 Å². The third-order valence-electron chi connectivity index (χ3n) is 3.52. The molecule has 0 aliphatic carbocycles. The lowest BCUT2D eigenvalue weighted by molar-refractivity contribution is -0.384. The van der Waals surface area contributed by atoms with E-state index < -0.39 is 4.92 Å². The molecule has 0 radical (unpaired) electrons. The molecular formula is C19H12BrNO4. The van der Waals surface area contributed by atoms with Gasteiger partial charge in [-0.05, 0) is 60.7 Å². The molecule has 0 fully saturated rings. The summed E-state index contributed by atoms with van der Waals surface area (Å²) in [4.78, 5) is 22.3. The molecule has 1 heterocycles. The Kier molecular flexibility index (Phi) is 4.90. The first-order valence-electron chi connectivity index (χ1n) is 7.35. The first-order valence-corrected chi connectivity index (χ1v) is 8.15. The molecule has 3 rings (SSSR count). The van der Waals surface area contributed by atoms with Gasteiger partial charge < -0.3 is 4.42 Å². The van der Waals surface area contributed by atoms with E-state index in [1.165, 1.54) is 18.2 Å². The summed E-state index contributed by atoms with van der Waals surface area (Å²) in [6.45, 7) is 0. The summed E-state index contributed by atoms with van der Waals surface area (Å²) in [5.74, 6) is 0.977. The van der Waals surface area contributed by atoms with Crippen LogP contribution in [0.3, 0.4) is 0 Å². The van der Waals surface area contributed by atoms with Crippen LogP contribution >= 0.6 is 15.9 Å². The fourth-order valence-corrected chi connectivity index (χ4v) is 2.48. The summed E-state index contributed by atoms with van der Waals surface area (Å²) in [6.07, 6.45) is 3.04. The van der Waals surface area contributed by atoms with Crippen molar-refractivity contribution in [3.63, 3.8) is 0 Å². The molecule has 0 unspecified atom stereocenters. The van der Waals surface area contributed by atoms with E-state index >= 15 is 0 Å². The molecule has 0 atom stereocenters. The summed E-state index contributed by atoms with van der Waals surface area (Å²) < 4.78 is 6.57. The number of nitro benzene ring substituents is 1. The predicted molar refractivity (Wildman–Crippen MR) is 98.3 cm³/mol. The van der Waals surface area contributed by atoms with E-state index in [2.05, 4.69) is 15.9 Å². The van der Waals surface area contributed by atoms with Crippen LogP contribution in [0.5, 0.6) is 0 Å². The Balaban J connectivity index is 1.73. The number of ketones is 1. The minimum atomic E-state index is -0.451. The SMILES string of the molecule is O=C(/C=C/c1ccc(-c2ccc([N+](=O)[O-])cc2)o1)c1ccc(Br)cc1. The highest BCUT2D eigenvalue weighted by Crippen LogP contribution is 2.25. The van der Waals surface area contributed by atoms with Gasteiger partial charge in [0.15, 0.2) is 5.78 Å². The largest absolute Gasteiger partial charge is 0.457 e. The highest BCUT2D eigenvalue weighted by molar-refractivity contribution is 9.10. The van der Waals surface area contributed by atoms with Crippen molar-refractivity contribution in [1.29, 1.82) is 0 Å². The van der Waals surface area contributed by atoms with Crippen LogP contribution in [0.1, 0.15) is 16.1 Å². The van der Waals surface area contributed by atoms with Gasteiger partial charge in [-0.3, -0.25) is 14.9 Å². The third-order valence-corrected chi connectivity index (χ3v) is 4.05. The zero-order valence-corrected chi connectivity index (χ0v) is 14.5. The van der Waals surface area contributed by atoms with Crippen LogP contribution in [0.4, 0.5) is 5.69 Å². The van der Waals surface area contributed by atoms with E-state index in [4.69, 9.17) is 4.42 Å². The van der Waals surface area contributed by atoms with Gasteiger partial charge in [0.1, 0.15) is 11.5 Å². The van der Waals surface area contributed by atoms with Gasteiger partial charge in [-0.2, -0.15) is 0 Å². The minimum absolute atomic E-state index is 0.0236.